The van der Waals surface area contributed by atoms with Gasteiger partial charge in [-0.3, -0.25) is 30.0 Å². The molecular formula is C18H20N4O4. The van der Waals surface area contributed by atoms with Gasteiger partial charge in [0.05, 0.1) is 12.5 Å². The van der Waals surface area contributed by atoms with Gasteiger partial charge in [-0.1, -0.05) is 36.4 Å². The molecule has 3 N–H and O–H groups in total. The van der Waals surface area contributed by atoms with E-state index in [2.05, 4.69) is 16.2 Å². The molecule has 1 aromatic heterocycles. The van der Waals surface area contributed by atoms with Gasteiger partial charge in [0.25, 0.3) is 11.5 Å². The second-order valence-electron chi connectivity index (χ2n) is 5.63. The molecular weight excluding hydrogens is 336 g/mol. The summed E-state index contributed by atoms with van der Waals surface area (Å²) in [6.45, 7) is 1.15. The maximum absolute atomic E-state index is 12.1. The largest absolute Gasteiger partial charge is 0.349 e. The number of pyridine rings is 1. The molecule has 2 rings (SSSR count). The Bertz CT molecular complexity index is 832. The number of benzene rings is 1. The Balaban J connectivity index is 1.89. The van der Waals surface area contributed by atoms with Gasteiger partial charge in [-0.15, -0.1) is 0 Å². The van der Waals surface area contributed by atoms with Gasteiger partial charge < -0.3 is 9.88 Å². The topological polar surface area (TPSA) is 109 Å². The van der Waals surface area contributed by atoms with Crippen molar-refractivity contribution >= 4 is 17.7 Å². The Morgan fingerprint density at radius 1 is 0.962 bits per heavy atom. The molecule has 0 aliphatic carbocycles. The molecule has 136 valence electrons. The van der Waals surface area contributed by atoms with Crippen LogP contribution in [0.25, 0.3) is 0 Å². The number of carbonyl (C=O) groups excluding carboxylic acids is 3. The van der Waals surface area contributed by atoms with Crippen LogP contribution in [0.2, 0.25) is 0 Å². The van der Waals surface area contributed by atoms with E-state index in [0.717, 1.165) is 5.56 Å². The van der Waals surface area contributed by atoms with Crippen molar-refractivity contribution in [2.45, 2.75) is 25.9 Å². The first-order valence-corrected chi connectivity index (χ1v) is 8.01. The van der Waals surface area contributed by atoms with E-state index in [9.17, 15) is 19.2 Å². The number of nitrogens with one attached hydrogen (secondary N) is 3. The van der Waals surface area contributed by atoms with Crippen molar-refractivity contribution in [3.05, 3.63) is 70.6 Å². The third-order valence-corrected chi connectivity index (χ3v) is 3.52. The van der Waals surface area contributed by atoms with E-state index in [-0.39, 0.29) is 24.4 Å². The summed E-state index contributed by atoms with van der Waals surface area (Å²) in [4.78, 5) is 46.9. The predicted octanol–water partition coefficient (Wildman–Crippen LogP) is 0.263. The molecule has 1 aromatic carbocycles. The molecule has 0 saturated heterocycles. The van der Waals surface area contributed by atoms with Crippen molar-refractivity contribution in [1.82, 2.24) is 20.7 Å². The van der Waals surface area contributed by atoms with Crippen molar-refractivity contribution in [3.63, 3.8) is 0 Å². The smallest absolute Gasteiger partial charge is 0.258 e. The number of aromatic nitrogens is 1. The van der Waals surface area contributed by atoms with Gasteiger partial charge in [0.2, 0.25) is 11.8 Å². The molecule has 8 nitrogen and oxygen atoms in total. The number of hydrazine groups is 1. The van der Waals surface area contributed by atoms with Gasteiger partial charge in [-0.25, -0.2) is 0 Å². The summed E-state index contributed by atoms with van der Waals surface area (Å²) in [5.41, 5.74) is 5.01. The minimum atomic E-state index is -0.539. The third-order valence-electron chi connectivity index (χ3n) is 3.52. The van der Waals surface area contributed by atoms with Crippen molar-refractivity contribution in [2.24, 2.45) is 0 Å². The lowest BCUT2D eigenvalue weighted by atomic mass is 10.0. The molecule has 0 radical (unpaired) electrons. The minimum Gasteiger partial charge on any atom is -0.349 e. The maximum atomic E-state index is 12.1. The quantitative estimate of drug-likeness (QED) is 0.645. The molecule has 8 heteroatoms. The standard InChI is InChI=1S/C18H20N4O4/c1-13(23)19-15(14-7-3-2-4-8-14)11-16(24)20-21-17(25)12-22-10-6-5-9-18(22)26/h2-10,15H,11-12H2,1H3,(H,19,23)(H,20,24)(H,21,25)/t15-/m0/s1. The number of nitrogens with zero attached hydrogens (tertiary/aromatic N) is 1. The average Bonchev–Trinajstić information content (AvgIpc) is 2.62. The highest BCUT2D eigenvalue weighted by Gasteiger charge is 2.17. The zero-order valence-electron chi connectivity index (χ0n) is 14.3. The summed E-state index contributed by atoms with van der Waals surface area (Å²) in [5.74, 6) is -1.28. The highest BCUT2D eigenvalue weighted by Crippen LogP contribution is 2.16. The molecule has 26 heavy (non-hydrogen) atoms. The van der Waals surface area contributed by atoms with Crippen molar-refractivity contribution < 1.29 is 14.4 Å². The monoisotopic (exact) mass is 356 g/mol. The average molecular weight is 356 g/mol. The van der Waals surface area contributed by atoms with Crippen LogP contribution in [0.5, 0.6) is 0 Å². The van der Waals surface area contributed by atoms with E-state index >= 15 is 0 Å². The first kappa shape index (κ1) is 18.9. The van der Waals surface area contributed by atoms with Gasteiger partial charge in [-0.05, 0) is 11.6 Å². The first-order valence-electron chi connectivity index (χ1n) is 8.01. The second kappa shape index (κ2) is 9.16. The molecule has 0 unspecified atom stereocenters. The summed E-state index contributed by atoms with van der Waals surface area (Å²) >= 11 is 0. The lowest BCUT2D eigenvalue weighted by Crippen LogP contribution is -2.45. The van der Waals surface area contributed by atoms with Crippen LogP contribution in [-0.4, -0.2) is 22.3 Å². The van der Waals surface area contributed by atoms with E-state index in [0.29, 0.717) is 0 Å². The fourth-order valence-corrected chi connectivity index (χ4v) is 2.34. The molecule has 3 amide bonds. The molecule has 0 bridgehead atoms. The summed E-state index contributed by atoms with van der Waals surface area (Å²) in [7, 11) is 0. The van der Waals surface area contributed by atoms with Crippen LogP contribution in [0, 0.1) is 0 Å². The highest BCUT2D eigenvalue weighted by molar-refractivity contribution is 5.83. The number of carbonyl (C=O) groups is 3. The van der Waals surface area contributed by atoms with Gasteiger partial charge in [0.15, 0.2) is 0 Å². The van der Waals surface area contributed by atoms with Gasteiger partial charge in [0, 0.05) is 19.2 Å². The SMILES string of the molecule is CC(=O)N[C@@H](CC(=O)NNC(=O)Cn1ccccc1=O)c1ccccc1. The fraction of sp³-hybridized carbons (Fsp3) is 0.222. The van der Waals surface area contributed by atoms with Gasteiger partial charge in [-0.2, -0.15) is 0 Å². The van der Waals surface area contributed by atoms with Crippen molar-refractivity contribution in [1.29, 1.82) is 0 Å². The zero-order valence-corrected chi connectivity index (χ0v) is 14.3. The summed E-state index contributed by atoms with van der Waals surface area (Å²) in [6, 6.07) is 13.1. The predicted molar refractivity (Wildman–Crippen MR) is 94.6 cm³/mol. The van der Waals surface area contributed by atoms with Crippen molar-refractivity contribution in [3.8, 4) is 0 Å². The number of rotatable bonds is 6. The maximum Gasteiger partial charge on any atom is 0.258 e. The van der Waals surface area contributed by atoms with Gasteiger partial charge in [0.1, 0.15) is 6.54 Å². The van der Waals surface area contributed by atoms with Crippen LogP contribution >= 0.6 is 0 Å². The molecule has 1 heterocycles. The lowest BCUT2D eigenvalue weighted by molar-refractivity contribution is -0.129. The molecule has 0 spiro atoms. The van der Waals surface area contributed by atoms with E-state index in [1.165, 1.54) is 23.8 Å². The highest BCUT2D eigenvalue weighted by atomic mass is 16.2. The minimum absolute atomic E-state index is 0.0465. The second-order valence-corrected chi connectivity index (χ2v) is 5.63. The van der Waals surface area contributed by atoms with Gasteiger partial charge >= 0.3 is 0 Å². The zero-order chi connectivity index (χ0) is 18.9. The van der Waals surface area contributed by atoms with Crippen LogP contribution in [0.3, 0.4) is 0 Å². The Kier molecular flexibility index (Phi) is 6.67. The fourth-order valence-electron chi connectivity index (χ4n) is 2.34. The van der Waals surface area contributed by atoms with Crippen LogP contribution < -0.4 is 21.7 Å². The molecule has 0 saturated carbocycles. The summed E-state index contributed by atoms with van der Waals surface area (Å²) in [5, 5.41) is 2.70. The Labute approximate surface area is 150 Å². The van der Waals surface area contributed by atoms with E-state index in [1.54, 1.807) is 36.4 Å². The van der Waals surface area contributed by atoms with Crippen LogP contribution in [-0.2, 0) is 20.9 Å². The third kappa shape index (κ3) is 5.90. The van der Waals surface area contributed by atoms with E-state index < -0.39 is 17.9 Å². The Morgan fingerprint density at radius 3 is 2.27 bits per heavy atom. The first-order chi connectivity index (χ1) is 12.5. The molecule has 1 atom stereocenters. The Morgan fingerprint density at radius 2 is 1.62 bits per heavy atom. The number of amides is 3. The van der Waals surface area contributed by atoms with Crippen LogP contribution in [0.4, 0.5) is 0 Å². The van der Waals surface area contributed by atoms with Crippen LogP contribution in [0.15, 0.2) is 59.5 Å². The van der Waals surface area contributed by atoms with E-state index in [4.69, 9.17) is 0 Å². The van der Waals surface area contributed by atoms with Crippen molar-refractivity contribution in [2.75, 3.05) is 0 Å². The molecule has 0 aliphatic rings. The normalized spacial score (nSPS) is 11.3. The summed E-state index contributed by atoms with van der Waals surface area (Å²) in [6.07, 6.45) is 1.43. The lowest BCUT2D eigenvalue weighted by Gasteiger charge is -2.18. The number of hydrogen-bond acceptors (Lipinski definition) is 4. The number of hydrogen-bond donors (Lipinski definition) is 3. The molecule has 0 aliphatic heterocycles. The Hall–Kier alpha value is -3.42. The summed E-state index contributed by atoms with van der Waals surface area (Å²) < 4.78 is 1.21. The molecule has 2 aromatic rings. The van der Waals surface area contributed by atoms with E-state index in [1.807, 2.05) is 6.07 Å². The molecule has 0 fully saturated rings. The van der Waals surface area contributed by atoms with Crippen LogP contribution in [0.1, 0.15) is 24.9 Å².